The number of carbonyl (C=O) groups excluding carboxylic acids is 2. The monoisotopic (exact) mass is 300 g/mol. The zero-order valence-electron chi connectivity index (χ0n) is 11.5. The molecule has 0 heterocycles. The summed E-state index contributed by atoms with van der Waals surface area (Å²) in [7, 11) is 0. The Labute approximate surface area is 120 Å². The number of halogens is 3. The molecule has 0 fully saturated rings. The highest BCUT2D eigenvalue weighted by Gasteiger charge is 2.38. The Morgan fingerprint density at radius 1 is 1.10 bits per heavy atom. The first-order chi connectivity index (χ1) is 9.72. The highest BCUT2D eigenvalue weighted by molar-refractivity contribution is 6.00. The van der Waals surface area contributed by atoms with E-state index < -0.39 is 12.1 Å². The molecular formula is C14H15F3N2O2. The van der Waals surface area contributed by atoms with Crippen LogP contribution in [0, 0.1) is 0 Å². The van der Waals surface area contributed by atoms with E-state index in [9.17, 15) is 22.8 Å². The summed E-state index contributed by atoms with van der Waals surface area (Å²) < 4.78 is 36.2. The Morgan fingerprint density at radius 3 is 2.00 bits per heavy atom. The molecule has 0 aliphatic rings. The van der Waals surface area contributed by atoms with E-state index in [0.29, 0.717) is 5.69 Å². The number of allylic oxidation sites excluding steroid dienone is 1. The second kappa shape index (κ2) is 6.92. The third kappa shape index (κ3) is 5.68. The van der Waals surface area contributed by atoms with E-state index in [0.717, 1.165) is 12.0 Å². The summed E-state index contributed by atoms with van der Waals surface area (Å²) in [6, 6.07) is 5.35. The van der Waals surface area contributed by atoms with Crippen molar-refractivity contribution in [1.82, 2.24) is 0 Å². The van der Waals surface area contributed by atoms with Gasteiger partial charge in [-0.25, -0.2) is 0 Å². The fourth-order valence-corrected chi connectivity index (χ4v) is 1.34. The van der Waals surface area contributed by atoms with Crippen LogP contribution in [0.5, 0.6) is 0 Å². The molecule has 2 N–H and O–H groups in total. The van der Waals surface area contributed by atoms with Crippen molar-refractivity contribution in [3.05, 3.63) is 35.9 Å². The summed E-state index contributed by atoms with van der Waals surface area (Å²) in [5.41, 5.74) is 1.32. The SMILES string of the molecule is CC/C(C)=C/C(=O)Nc1ccc(NC(=O)C(F)(F)F)cc1. The van der Waals surface area contributed by atoms with E-state index in [-0.39, 0.29) is 11.6 Å². The molecule has 0 spiro atoms. The minimum Gasteiger partial charge on any atom is -0.323 e. The molecule has 0 unspecified atom stereocenters. The maximum absolute atomic E-state index is 12.1. The van der Waals surface area contributed by atoms with E-state index in [2.05, 4.69) is 5.32 Å². The molecule has 4 nitrogen and oxygen atoms in total. The molecule has 114 valence electrons. The summed E-state index contributed by atoms with van der Waals surface area (Å²) in [6.45, 7) is 3.73. The van der Waals surface area contributed by atoms with E-state index in [1.165, 1.54) is 30.3 Å². The zero-order chi connectivity index (χ0) is 16.0. The van der Waals surface area contributed by atoms with Crippen LogP contribution in [0.2, 0.25) is 0 Å². The van der Waals surface area contributed by atoms with Gasteiger partial charge in [0.2, 0.25) is 5.91 Å². The highest BCUT2D eigenvalue weighted by Crippen LogP contribution is 2.19. The third-order valence-electron chi connectivity index (χ3n) is 2.60. The van der Waals surface area contributed by atoms with Crippen LogP contribution in [0.4, 0.5) is 24.5 Å². The molecule has 7 heteroatoms. The number of anilines is 2. The van der Waals surface area contributed by atoms with Crippen LogP contribution >= 0.6 is 0 Å². The van der Waals surface area contributed by atoms with Crippen molar-refractivity contribution < 1.29 is 22.8 Å². The van der Waals surface area contributed by atoms with Crippen LogP contribution in [0.15, 0.2) is 35.9 Å². The van der Waals surface area contributed by atoms with Crippen molar-refractivity contribution in [2.75, 3.05) is 10.6 Å². The van der Waals surface area contributed by atoms with Crippen LogP contribution < -0.4 is 10.6 Å². The number of nitrogens with one attached hydrogen (secondary N) is 2. The molecule has 1 aromatic carbocycles. The Balaban J connectivity index is 2.67. The van der Waals surface area contributed by atoms with E-state index in [1.807, 2.05) is 13.8 Å². The van der Waals surface area contributed by atoms with Gasteiger partial charge in [-0.15, -0.1) is 0 Å². The van der Waals surface area contributed by atoms with Crippen molar-refractivity contribution in [1.29, 1.82) is 0 Å². The molecule has 0 aliphatic heterocycles. The fraction of sp³-hybridized carbons (Fsp3) is 0.286. The number of alkyl halides is 3. The first kappa shape index (κ1) is 16.7. The zero-order valence-corrected chi connectivity index (χ0v) is 11.5. The van der Waals surface area contributed by atoms with Crippen LogP contribution in [0.1, 0.15) is 20.3 Å². The lowest BCUT2D eigenvalue weighted by Gasteiger charge is -2.09. The average Bonchev–Trinajstić information content (AvgIpc) is 2.39. The van der Waals surface area contributed by atoms with Gasteiger partial charge in [-0.2, -0.15) is 13.2 Å². The van der Waals surface area contributed by atoms with Gasteiger partial charge in [-0.3, -0.25) is 9.59 Å². The van der Waals surface area contributed by atoms with E-state index >= 15 is 0 Å². The summed E-state index contributed by atoms with van der Waals surface area (Å²) in [4.78, 5) is 22.3. The minimum absolute atomic E-state index is 0.00407. The number of hydrogen-bond acceptors (Lipinski definition) is 2. The Hall–Kier alpha value is -2.31. The van der Waals surface area contributed by atoms with Crippen LogP contribution in [0.25, 0.3) is 0 Å². The van der Waals surface area contributed by atoms with Gasteiger partial charge in [0.25, 0.3) is 0 Å². The van der Waals surface area contributed by atoms with Crippen LogP contribution in [-0.4, -0.2) is 18.0 Å². The first-order valence-electron chi connectivity index (χ1n) is 6.18. The standard InChI is InChI=1S/C14H15F3N2O2/c1-3-9(2)8-12(20)18-10-4-6-11(7-5-10)19-13(21)14(15,16)17/h4-8H,3H2,1-2H3,(H,18,20)(H,19,21)/b9-8+. The van der Waals surface area contributed by atoms with Gasteiger partial charge in [-0.05, 0) is 37.6 Å². The molecule has 1 rings (SSSR count). The number of rotatable bonds is 4. The molecule has 0 atom stereocenters. The average molecular weight is 300 g/mol. The van der Waals surface area contributed by atoms with Gasteiger partial charge in [0.05, 0.1) is 0 Å². The summed E-state index contributed by atoms with van der Waals surface area (Å²) in [5.74, 6) is -2.36. The van der Waals surface area contributed by atoms with Crippen LogP contribution in [0.3, 0.4) is 0 Å². The second-order valence-corrected chi connectivity index (χ2v) is 4.36. The molecule has 0 saturated carbocycles. The molecule has 21 heavy (non-hydrogen) atoms. The smallest absolute Gasteiger partial charge is 0.323 e. The molecular weight excluding hydrogens is 285 g/mol. The summed E-state index contributed by atoms with van der Waals surface area (Å²) in [5, 5.41) is 4.28. The number of carbonyl (C=O) groups is 2. The van der Waals surface area contributed by atoms with Crippen molar-refractivity contribution in [3.63, 3.8) is 0 Å². The maximum Gasteiger partial charge on any atom is 0.471 e. The van der Waals surface area contributed by atoms with Crippen LogP contribution in [-0.2, 0) is 9.59 Å². The molecule has 0 radical (unpaired) electrons. The third-order valence-corrected chi connectivity index (χ3v) is 2.60. The number of amides is 2. The highest BCUT2D eigenvalue weighted by atomic mass is 19.4. The molecule has 2 amide bonds. The Kier molecular flexibility index (Phi) is 5.52. The number of benzene rings is 1. The lowest BCUT2D eigenvalue weighted by molar-refractivity contribution is -0.167. The largest absolute Gasteiger partial charge is 0.471 e. The predicted molar refractivity (Wildman–Crippen MR) is 73.8 cm³/mol. The quantitative estimate of drug-likeness (QED) is 0.836. The Bertz CT molecular complexity index is 548. The molecule has 0 bridgehead atoms. The second-order valence-electron chi connectivity index (χ2n) is 4.36. The normalized spacial score (nSPS) is 12.0. The van der Waals surface area contributed by atoms with E-state index in [4.69, 9.17) is 0 Å². The van der Waals surface area contributed by atoms with E-state index in [1.54, 1.807) is 5.32 Å². The summed E-state index contributed by atoms with van der Waals surface area (Å²) >= 11 is 0. The van der Waals surface area contributed by atoms with Gasteiger partial charge in [0.1, 0.15) is 0 Å². The number of hydrogen-bond donors (Lipinski definition) is 2. The predicted octanol–water partition coefficient (Wildman–Crippen LogP) is 3.48. The molecule has 0 aliphatic carbocycles. The lowest BCUT2D eigenvalue weighted by atomic mass is 10.2. The van der Waals surface area contributed by atoms with Crippen molar-refractivity contribution in [2.45, 2.75) is 26.4 Å². The Morgan fingerprint density at radius 2 is 1.57 bits per heavy atom. The van der Waals surface area contributed by atoms with Crippen molar-refractivity contribution in [2.24, 2.45) is 0 Å². The van der Waals surface area contributed by atoms with Crippen molar-refractivity contribution in [3.8, 4) is 0 Å². The molecule has 0 aromatic heterocycles. The maximum atomic E-state index is 12.1. The van der Waals surface area contributed by atoms with Gasteiger partial charge < -0.3 is 10.6 Å². The fourth-order valence-electron chi connectivity index (χ4n) is 1.34. The van der Waals surface area contributed by atoms with Crippen molar-refractivity contribution >= 4 is 23.2 Å². The van der Waals surface area contributed by atoms with Gasteiger partial charge >= 0.3 is 12.1 Å². The van der Waals surface area contributed by atoms with Gasteiger partial charge in [-0.1, -0.05) is 12.5 Å². The topological polar surface area (TPSA) is 58.2 Å². The minimum atomic E-state index is -4.94. The summed E-state index contributed by atoms with van der Waals surface area (Å²) in [6.07, 6.45) is -2.75. The van der Waals surface area contributed by atoms with Gasteiger partial charge in [0.15, 0.2) is 0 Å². The molecule has 1 aromatic rings. The molecule has 0 saturated heterocycles. The van der Waals surface area contributed by atoms with Gasteiger partial charge in [0, 0.05) is 17.5 Å². The lowest BCUT2D eigenvalue weighted by Crippen LogP contribution is -2.29. The first-order valence-corrected chi connectivity index (χ1v) is 6.18.